The largest absolute Gasteiger partial charge is 0.478 e. The molecule has 1 aliphatic rings. The molecule has 0 fully saturated rings. The molecule has 174 valence electrons. The van der Waals surface area contributed by atoms with Crippen molar-refractivity contribution < 1.29 is 24.3 Å². The summed E-state index contributed by atoms with van der Waals surface area (Å²) in [6.07, 6.45) is 7.68. The molecule has 1 atom stereocenters. The van der Waals surface area contributed by atoms with Gasteiger partial charge in [-0.25, -0.2) is 4.79 Å². The molecule has 0 unspecified atom stereocenters. The molecule has 8 nitrogen and oxygen atoms in total. The number of carbonyl (C=O) groups is 4. The van der Waals surface area contributed by atoms with Crippen LogP contribution in [-0.4, -0.2) is 35.3 Å². The zero-order valence-corrected chi connectivity index (χ0v) is 18.6. The number of nitrogens with one attached hydrogen (secondary N) is 3. The van der Waals surface area contributed by atoms with Crippen LogP contribution in [0.2, 0.25) is 0 Å². The van der Waals surface area contributed by atoms with Gasteiger partial charge in [-0.2, -0.15) is 0 Å². The van der Waals surface area contributed by atoms with Crippen LogP contribution in [0.1, 0.15) is 34.0 Å². The van der Waals surface area contributed by atoms with Crippen molar-refractivity contribution in [1.82, 2.24) is 16.0 Å². The topological polar surface area (TPSA) is 125 Å². The average Bonchev–Trinajstić information content (AvgIpc) is 2.99. The predicted octanol–water partition coefficient (Wildman–Crippen LogP) is 2.29. The number of fused-ring (bicyclic) bond motifs is 1. The molecule has 4 N–H and O–H groups in total. The van der Waals surface area contributed by atoms with Crippen molar-refractivity contribution in [2.75, 3.05) is 6.54 Å². The maximum atomic E-state index is 13.3. The van der Waals surface area contributed by atoms with E-state index >= 15 is 0 Å². The first kappa shape index (κ1) is 24.2. The van der Waals surface area contributed by atoms with Crippen molar-refractivity contribution in [3.05, 3.63) is 101 Å². The molecule has 3 amide bonds. The van der Waals surface area contributed by atoms with Gasteiger partial charge in [0.25, 0.3) is 5.91 Å². The summed E-state index contributed by atoms with van der Waals surface area (Å²) in [6, 6.07) is 14.5. The van der Waals surface area contributed by atoms with Crippen LogP contribution in [0.4, 0.5) is 0 Å². The Labute approximate surface area is 197 Å². The predicted molar refractivity (Wildman–Crippen MR) is 128 cm³/mol. The Hall–Kier alpha value is -4.46. The van der Waals surface area contributed by atoms with Crippen LogP contribution in [0.25, 0.3) is 6.08 Å². The Kier molecular flexibility index (Phi) is 7.43. The van der Waals surface area contributed by atoms with Crippen molar-refractivity contribution in [1.29, 1.82) is 0 Å². The molecule has 8 heteroatoms. The molecule has 2 aromatic carbocycles. The lowest BCUT2D eigenvalue weighted by Gasteiger charge is -2.29. The summed E-state index contributed by atoms with van der Waals surface area (Å²) in [5, 5.41) is 16.5. The molecular formula is C26H25N3O5. The van der Waals surface area contributed by atoms with E-state index in [1.54, 1.807) is 24.3 Å². The number of rotatable bonds is 7. The molecule has 0 saturated heterocycles. The van der Waals surface area contributed by atoms with Crippen LogP contribution >= 0.6 is 0 Å². The molecule has 0 aliphatic heterocycles. The lowest BCUT2D eigenvalue weighted by molar-refractivity contribution is -0.139. The molecule has 1 aliphatic carbocycles. The quantitative estimate of drug-likeness (QED) is 0.374. The smallest absolute Gasteiger partial charge is 0.332 e. The average molecular weight is 460 g/mol. The Bertz CT molecular complexity index is 1210. The van der Waals surface area contributed by atoms with E-state index in [0.717, 1.165) is 11.1 Å². The Morgan fingerprint density at radius 2 is 1.62 bits per heavy atom. The monoisotopic (exact) mass is 459 g/mol. The first-order chi connectivity index (χ1) is 16.2. The number of amides is 3. The van der Waals surface area contributed by atoms with Crippen molar-refractivity contribution in [3.63, 3.8) is 0 Å². The van der Waals surface area contributed by atoms with Crippen LogP contribution in [0.15, 0.2) is 78.9 Å². The van der Waals surface area contributed by atoms with Gasteiger partial charge >= 0.3 is 17.8 Å². The lowest BCUT2D eigenvalue weighted by atomic mass is 9.88. The van der Waals surface area contributed by atoms with E-state index in [-0.39, 0.29) is 24.6 Å². The lowest BCUT2D eigenvalue weighted by Crippen LogP contribution is -2.43. The molecule has 34 heavy (non-hydrogen) atoms. The fourth-order valence-corrected chi connectivity index (χ4v) is 3.52. The zero-order valence-electron chi connectivity index (χ0n) is 18.6. The minimum atomic E-state index is -1.27. The van der Waals surface area contributed by atoms with Gasteiger partial charge in [0, 0.05) is 24.2 Å². The van der Waals surface area contributed by atoms with Gasteiger partial charge in [-0.05, 0) is 29.7 Å². The summed E-state index contributed by atoms with van der Waals surface area (Å²) < 4.78 is 0. The van der Waals surface area contributed by atoms with Crippen molar-refractivity contribution in [2.45, 2.75) is 19.0 Å². The standard InChI is InChI=1S/C26H25N3O5/c1-17(25(33)34)15-27-23(31)24(32)28-16-19-11-3-5-12-20(19)22(30)29-26(2)14-8-7-10-18-9-4-6-13-21(18)26/h3-14H,1,15-16H2,2H3,(H,27,31)(H,28,32)(H,29,30)(H,33,34)/t26-/m0/s1. The second-order valence-corrected chi connectivity index (χ2v) is 7.89. The second kappa shape index (κ2) is 10.4. The summed E-state index contributed by atoms with van der Waals surface area (Å²) in [7, 11) is 0. The second-order valence-electron chi connectivity index (χ2n) is 7.89. The van der Waals surface area contributed by atoms with E-state index in [0.29, 0.717) is 11.1 Å². The van der Waals surface area contributed by atoms with E-state index in [2.05, 4.69) is 22.5 Å². The first-order valence-corrected chi connectivity index (χ1v) is 10.5. The van der Waals surface area contributed by atoms with E-state index in [1.165, 1.54) is 0 Å². The first-order valence-electron chi connectivity index (χ1n) is 10.5. The highest BCUT2D eigenvalue weighted by Crippen LogP contribution is 2.29. The highest BCUT2D eigenvalue weighted by Gasteiger charge is 2.29. The third-order valence-electron chi connectivity index (χ3n) is 5.38. The van der Waals surface area contributed by atoms with Gasteiger partial charge in [0.1, 0.15) is 0 Å². The fourth-order valence-electron chi connectivity index (χ4n) is 3.52. The van der Waals surface area contributed by atoms with E-state index in [1.807, 2.05) is 55.5 Å². The Morgan fingerprint density at radius 3 is 2.38 bits per heavy atom. The van der Waals surface area contributed by atoms with E-state index in [9.17, 15) is 19.2 Å². The van der Waals surface area contributed by atoms with Crippen LogP contribution in [0.5, 0.6) is 0 Å². The number of carbonyl (C=O) groups excluding carboxylic acids is 3. The Balaban J connectivity index is 1.70. The van der Waals surface area contributed by atoms with Crippen molar-refractivity contribution in [2.24, 2.45) is 0 Å². The van der Waals surface area contributed by atoms with Crippen LogP contribution < -0.4 is 16.0 Å². The van der Waals surface area contributed by atoms with E-state index < -0.39 is 23.3 Å². The van der Waals surface area contributed by atoms with E-state index in [4.69, 9.17) is 5.11 Å². The molecule has 0 bridgehead atoms. The maximum Gasteiger partial charge on any atom is 0.332 e. The van der Waals surface area contributed by atoms with Crippen LogP contribution in [0.3, 0.4) is 0 Å². The number of allylic oxidation sites excluding steroid dienone is 2. The van der Waals surface area contributed by atoms with Gasteiger partial charge in [-0.3, -0.25) is 14.4 Å². The minimum absolute atomic E-state index is 0.0690. The number of hydrogen-bond acceptors (Lipinski definition) is 4. The van der Waals surface area contributed by atoms with Gasteiger partial charge < -0.3 is 21.1 Å². The number of carboxylic acid groups (broad SMARTS) is 1. The van der Waals surface area contributed by atoms with Crippen LogP contribution in [0, 0.1) is 0 Å². The SMILES string of the molecule is C=C(CNC(=O)C(=O)NCc1ccccc1C(=O)N[C@@]1(C)C=CC=Cc2ccccc21)C(=O)O. The number of hydrogen-bond donors (Lipinski definition) is 4. The highest BCUT2D eigenvalue weighted by molar-refractivity contribution is 6.35. The molecule has 0 aromatic heterocycles. The minimum Gasteiger partial charge on any atom is -0.478 e. The van der Waals surface area contributed by atoms with Crippen molar-refractivity contribution >= 4 is 29.8 Å². The van der Waals surface area contributed by atoms with Gasteiger partial charge in [-0.1, -0.05) is 73.3 Å². The maximum absolute atomic E-state index is 13.3. The normalized spacial score (nSPS) is 16.0. The summed E-state index contributed by atoms with van der Waals surface area (Å²) in [5.41, 5.74) is 1.79. The third-order valence-corrected chi connectivity index (χ3v) is 5.38. The van der Waals surface area contributed by atoms with Gasteiger partial charge in [-0.15, -0.1) is 0 Å². The molecule has 0 saturated carbocycles. The molecule has 0 radical (unpaired) electrons. The van der Waals surface area contributed by atoms with Gasteiger partial charge in [0.15, 0.2) is 0 Å². The summed E-state index contributed by atoms with van der Waals surface area (Å²) >= 11 is 0. The third kappa shape index (κ3) is 5.66. The van der Waals surface area contributed by atoms with Crippen molar-refractivity contribution in [3.8, 4) is 0 Å². The Morgan fingerprint density at radius 1 is 0.941 bits per heavy atom. The fraction of sp³-hybridized carbons (Fsp3) is 0.154. The molecule has 3 rings (SSSR count). The summed E-state index contributed by atoms with van der Waals surface area (Å²) in [6.45, 7) is 4.77. The molecule has 2 aromatic rings. The summed E-state index contributed by atoms with van der Waals surface area (Å²) in [4.78, 5) is 48.0. The molecule has 0 heterocycles. The van der Waals surface area contributed by atoms with Gasteiger partial charge in [0.05, 0.1) is 5.54 Å². The highest BCUT2D eigenvalue weighted by atomic mass is 16.4. The number of aliphatic carboxylic acids is 1. The van der Waals surface area contributed by atoms with Gasteiger partial charge in [0.2, 0.25) is 0 Å². The zero-order chi connectivity index (χ0) is 24.7. The molecular weight excluding hydrogens is 434 g/mol. The number of carboxylic acids is 1. The van der Waals surface area contributed by atoms with Crippen LogP contribution in [-0.2, 0) is 26.5 Å². The number of benzene rings is 2. The summed E-state index contributed by atoms with van der Waals surface area (Å²) in [5.74, 6) is -3.55. The molecule has 0 spiro atoms.